The number of rotatable bonds is 6. The quantitative estimate of drug-likeness (QED) is 0.808. The second kappa shape index (κ2) is 7.55. The second-order valence-corrected chi connectivity index (χ2v) is 6.72. The summed E-state index contributed by atoms with van der Waals surface area (Å²) in [6.45, 7) is 8.18. The van der Waals surface area contributed by atoms with Crippen molar-refractivity contribution in [3.8, 4) is 0 Å². The Kier molecular flexibility index (Phi) is 6.71. The summed E-state index contributed by atoms with van der Waals surface area (Å²) >= 11 is 0. The molecule has 0 radical (unpaired) electrons. The van der Waals surface area contributed by atoms with Crippen LogP contribution in [-0.2, 0) is 4.74 Å². The number of hydrogen-bond acceptors (Lipinski definition) is 3. The van der Waals surface area contributed by atoms with Crippen molar-refractivity contribution >= 4 is 0 Å². The summed E-state index contributed by atoms with van der Waals surface area (Å²) in [4.78, 5) is 2.17. The highest BCUT2D eigenvalue weighted by molar-refractivity contribution is 4.92. The summed E-state index contributed by atoms with van der Waals surface area (Å²) in [5.41, 5.74) is 0.187. The van der Waals surface area contributed by atoms with Crippen LogP contribution in [-0.4, -0.2) is 55.6 Å². The van der Waals surface area contributed by atoms with Crippen LogP contribution >= 0.6 is 0 Å². The third-order valence-electron chi connectivity index (χ3n) is 4.32. The Morgan fingerprint density at radius 1 is 1.26 bits per heavy atom. The molecule has 1 aliphatic carbocycles. The number of alkyl halides is 1. The Morgan fingerprint density at radius 3 is 2.47 bits per heavy atom. The zero-order valence-corrected chi connectivity index (χ0v) is 12.9. The number of aliphatic hydroxyl groups excluding tert-OH is 1. The van der Waals surface area contributed by atoms with E-state index in [1.54, 1.807) is 7.11 Å². The summed E-state index contributed by atoms with van der Waals surface area (Å²) < 4.78 is 17.9. The minimum atomic E-state index is -0.340. The number of nitrogens with zero attached hydrogens (tertiary/aromatic N) is 1. The molecule has 4 heteroatoms. The highest BCUT2D eigenvalue weighted by atomic mass is 19.1. The van der Waals surface area contributed by atoms with E-state index in [0.29, 0.717) is 19.1 Å². The van der Waals surface area contributed by atoms with Gasteiger partial charge in [-0.3, -0.25) is 4.90 Å². The van der Waals surface area contributed by atoms with Gasteiger partial charge in [0.2, 0.25) is 0 Å². The molecule has 19 heavy (non-hydrogen) atoms. The van der Waals surface area contributed by atoms with Gasteiger partial charge in [0.15, 0.2) is 0 Å². The summed E-state index contributed by atoms with van der Waals surface area (Å²) in [6, 6.07) is 0.259. The fourth-order valence-electron chi connectivity index (χ4n) is 3.30. The minimum absolute atomic E-state index is 0.187. The van der Waals surface area contributed by atoms with Crippen molar-refractivity contribution in [2.75, 3.05) is 33.5 Å². The monoisotopic (exact) mass is 275 g/mol. The number of methoxy groups -OCH3 is 1. The van der Waals surface area contributed by atoms with Crippen molar-refractivity contribution in [1.82, 2.24) is 4.90 Å². The Hall–Kier alpha value is -0.190. The van der Waals surface area contributed by atoms with E-state index in [2.05, 4.69) is 25.7 Å². The molecule has 0 spiro atoms. The van der Waals surface area contributed by atoms with Crippen LogP contribution in [0.25, 0.3) is 0 Å². The lowest BCUT2D eigenvalue weighted by Crippen LogP contribution is -2.51. The molecule has 1 rings (SSSR count). The lowest BCUT2D eigenvalue weighted by atomic mass is 9.68. The molecule has 114 valence electrons. The van der Waals surface area contributed by atoms with E-state index in [-0.39, 0.29) is 24.2 Å². The molecule has 0 saturated heterocycles. The van der Waals surface area contributed by atoms with Gasteiger partial charge in [0.25, 0.3) is 0 Å². The van der Waals surface area contributed by atoms with E-state index < -0.39 is 0 Å². The van der Waals surface area contributed by atoms with Crippen LogP contribution in [0.5, 0.6) is 0 Å². The lowest BCUT2D eigenvalue weighted by molar-refractivity contribution is -0.0205. The standard InChI is InChI=1S/C15H30FNO2/c1-15(2,3)13-6-5-12(18)11-14(13)17(8-7-16)9-10-19-4/h12-14,18H,5-11H2,1-4H3. The lowest BCUT2D eigenvalue weighted by Gasteiger charge is -2.47. The molecule has 1 fully saturated rings. The fraction of sp³-hybridized carbons (Fsp3) is 1.00. The average Bonchev–Trinajstić information content (AvgIpc) is 2.32. The minimum Gasteiger partial charge on any atom is -0.393 e. The van der Waals surface area contributed by atoms with Gasteiger partial charge in [-0.05, 0) is 30.6 Å². The zero-order valence-electron chi connectivity index (χ0n) is 12.9. The predicted molar refractivity (Wildman–Crippen MR) is 76.0 cm³/mol. The van der Waals surface area contributed by atoms with Gasteiger partial charge in [0, 0.05) is 26.2 Å². The maximum absolute atomic E-state index is 12.8. The maximum atomic E-state index is 12.8. The molecule has 1 N–H and O–H groups in total. The van der Waals surface area contributed by atoms with Gasteiger partial charge in [0.05, 0.1) is 12.7 Å². The summed E-state index contributed by atoms with van der Waals surface area (Å²) in [5.74, 6) is 0.499. The Morgan fingerprint density at radius 2 is 1.95 bits per heavy atom. The predicted octanol–water partition coefficient (Wildman–Crippen LogP) is 2.48. The van der Waals surface area contributed by atoms with Crippen LogP contribution in [0.15, 0.2) is 0 Å². The topological polar surface area (TPSA) is 32.7 Å². The molecule has 0 heterocycles. The van der Waals surface area contributed by atoms with Crippen molar-refractivity contribution in [2.24, 2.45) is 11.3 Å². The molecule has 3 nitrogen and oxygen atoms in total. The second-order valence-electron chi connectivity index (χ2n) is 6.72. The van der Waals surface area contributed by atoms with Gasteiger partial charge in [-0.2, -0.15) is 0 Å². The molecule has 0 bridgehead atoms. The van der Waals surface area contributed by atoms with Crippen LogP contribution in [0.1, 0.15) is 40.0 Å². The normalized spacial score (nSPS) is 28.9. The first-order valence-corrected chi connectivity index (χ1v) is 7.37. The van der Waals surface area contributed by atoms with E-state index in [1.807, 2.05) is 0 Å². The molecular weight excluding hydrogens is 245 g/mol. The van der Waals surface area contributed by atoms with E-state index in [1.165, 1.54) is 0 Å². The van der Waals surface area contributed by atoms with Crippen molar-refractivity contribution in [3.63, 3.8) is 0 Å². The summed E-state index contributed by atoms with van der Waals surface area (Å²) in [7, 11) is 1.67. The number of ether oxygens (including phenoxy) is 1. The molecule has 0 amide bonds. The molecule has 0 aromatic rings. The number of halogens is 1. The van der Waals surface area contributed by atoms with Crippen LogP contribution in [0.2, 0.25) is 0 Å². The van der Waals surface area contributed by atoms with Crippen molar-refractivity contribution in [1.29, 1.82) is 0 Å². The van der Waals surface area contributed by atoms with Gasteiger partial charge in [0.1, 0.15) is 6.67 Å². The highest BCUT2D eigenvalue weighted by Gasteiger charge is 2.39. The molecule has 0 aromatic heterocycles. The fourth-order valence-corrected chi connectivity index (χ4v) is 3.30. The first-order valence-electron chi connectivity index (χ1n) is 7.37. The number of hydrogen-bond donors (Lipinski definition) is 1. The smallest absolute Gasteiger partial charge is 0.102 e. The Balaban J connectivity index is 2.79. The highest BCUT2D eigenvalue weighted by Crippen LogP contribution is 2.40. The van der Waals surface area contributed by atoms with Crippen LogP contribution in [0, 0.1) is 11.3 Å². The SMILES string of the molecule is COCCN(CCF)C1CC(O)CCC1C(C)(C)C. The van der Waals surface area contributed by atoms with Crippen molar-refractivity contribution in [2.45, 2.75) is 52.2 Å². The molecule has 1 aliphatic rings. The zero-order chi connectivity index (χ0) is 14.5. The van der Waals surface area contributed by atoms with E-state index in [4.69, 9.17) is 4.74 Å². The van der Waals surface area contributed by atoms with Gasteiger partial charge < -0.3 is 9.84 Å². The third kappa shape index (κ3) is 5.01. The largest absolute Gasteiger partial charge is 0.393 e. The molecule has 0 aliphatic heterocycles. The Bertz CT molecular complexity index is 255. The first-order chi connectivity index (χ1) is 8.90. The van der Waals surface area contributed by atoms with Crippen LogP contribution < -0.4 is 0 Å². The molecular formula is C15H30FNO2. The van der Waals surface area contributed by atoms with E-state index >= 15 is 0 Å². The third-order valence-corrected chi connectivity index (χ3v) is 4.32. The van der Waals surface area contributed by atoms with Crippen molar-refractivity contribution in [3.05, 3.63) is 0 Å². The molecule has 3 atom stereocenters. The van der Waals surface area contributed by atoms with Crippen LogP contribution in [0.3, 0.4) is 0 Å². The van der Waals surface area contributed by atoms with E-state index in [0.717, 1.165) is 25.8 Å². The molecule has 0 aromatic carbocycles. The average molecular weight is 275 g/mol. The summed E-state index contributed by atoms with van der Waals surface area (Å²) in [5, 5.41) is 9.95. The van der Waals surface area contributed by atoms with Crippen LogP contribution in [0.4, 0.5) is 4.39 Å². The summed E-state index contributed by atoms with van der Waals surface area (Å²) in [6.07, 6.45) is 2.40. The number of aliphatic hydroxyl groups is 1. The van der Waals surface area contributed by atoms with Gasteiger partial charge in [-0.15, -0.1) is 0 Å². The van der Waals surface area contributed by atoms with Gasteiger partial charge >= 0.3 is 0 Å². The van der Waals surface area contributed by atoms with Gasteiger partial charge in [-0.1, -0.05) is 20.8 Å². The van der Waals surface area contributed by atoms with Gasteiger partial charge in [-0.25, -0.2) is 4.39 Å². The molecule has 1 saturated carbocycles. The first kappa shape index (κ1) is 16.9. The van der Waals surface area contributed by atoms with E-state index in [9.17, 15) is 9.50 Å². The van der Waals surface area contributed by atoms with Crippen molar-refractivity contribution < 1.29 is 14.2 Å². The Labute approximate surface area is 117 Å². The maximum Gasteiger partial charge on any atom is 0.102 e. The molecule has 3 unspecified atom stereocenters.